The monoisotopic (exact) mass is 628 g/mol. The molecular weight excluding hydrogens is 572 g/mol. The van der Waals surface area contributed by atoms with Gasteiger partial charge in [-0.05, 0) is 148 Å². The molecule has 8 nitrogen and oxygen atoms in total. The van der Waals surface area contributed by atoms with Crippen molar-refractivity contribution in [1.29, 1.82) is 0 Å². The van der Waals surface area contributed by atoms with Crippen molar-refractivity contribution >= 4 is 23.9 Å². The van der Waals surface area contributed by atoms with Gasteiger partial charge in [0.25, 0.3) is 0 Å². The topological polar surface area (TPSA) is 105 Å². The Bertz CT molecular complexity index is 1180. The second-order valence-electron chi connectivity index (χ2n) is 15.6. The van der Waals surface area contributed by atoms with Crippen LogP contribution in [0.25, 0.3) is 0 Å². The van der Waals surface area contributed by atoms with Crippen LogP contribution < -0.4 is 4.74 Å². The molecule has 5 rings (SSSR count). The number of carbonyl (C=O) groups is 4. The largest absolute Gasteiger partial charge is 0.514 e. The second-order valence-corrected chi connectivity index (χ2v) is 15.6. The van der Waals surface area contributed by atoms with Gasteiger partial charge in [0.1, 0.15) is 17.0 Å². The van der Waals surface area contributed by atoms with Crippen LogP contribution in [-0.4, -0.2) is 41.7 Å². The smallest absolute Gasteiger partial charge is 0.458 e. The highest BCUT2D eigenvalue weighted by Crippen LogP contribution is 2.61. The van der Waals surface area contributed by atoms with Gasteiger partial charge in [-0.3, -0.25) is 14.4 Å². The van der Waals surface area contributed by atoms with Gasteiger partial charge in [0.15, 0.2) is 12.4 Å². The third-order valence-electron chi connectivity index (χ3n) is 10.3. The predicted molar refractivity (Wildman–Crippen MR) is 173 cm³/mol. The number of rotatable bonds is 10. The second kappa shape index (κ2) is 14.3. The molecule has 0 N–H and O–H groups in total. The van der Waals surface area contributed by atoms with Crippen LogP contribution in [-0.2, 0) is 23.8 Å². The molecule has 4 aliphatic rings. The van der Waals surface area contributed by atoms with Crippen LogP contribution in [0.2, 0.25) is 0 Å². The van der Waals surface area contributed by atoms with Crippen molar-refractivity contribution in [2.45, 2.75) is 132 Å². The maximum atomic E-state index is 12.6. The summed E-state index contributed by atoms with van der Waals surface area (Å²) in [7, 11) is 0. The van der Waals surface area contributed by atoms with Crippen molar-refractivity contribution in [2.24, 2.45) is 34.5 Å². The van der Waals surface area contributed by atoms with Crippen LogP contribution in [0, 0.1) is 34.5 Å². The molecule has 0 aromatic heterocycles. The van der Waals surface area contributed by atoms with Gasteiger partial charge in [-0.25, -0.2) is 4.79 Å². The van der Waals surface area contributed by atoms with Crippen LogP contribution in [0.4, 0.5) is 4.79 Å². The van der Waals surface area contributed by atoms with Crippen LogP contribution in [0.15, 0.2) is 24.3 Å². The third-order valence-corrected chi connectivity index (χ3v) is 10.3. The van der Waals surface area contributed by atoms with Gasteiger partial charge in [0, 0.05) is 5.56 Å². The normalized spacial score (nSPS) is 25.5. The zero-order valence-electron chi connectivity index (χ0n) is 29.2. The minimum absolute atomic E-state index is 0.0364. The Morgan fingerprint density at radius 1 is 0.733 bits per heavy atom. The fourth-order valence-electron chi connectivity index (χ4n) is 6.88. The van der Waals surface area contributed by atoms with Gasteiger partial charge in [-0.2, -0.15) is 0 Å². The maximum Gasteiger partial charge on any atom is 0.514 e. The van der Waals surface area contributed by atoms with E-state index in [-0.39, 0.29) is 35.1 Å². The molecular formula is C37H56O8. The van der Waals surface area contributed by atoms with E-state index in [2.05, 4.69) is 13.8 Å². The first-order chi connectivity index (χ1) is 20.9. The van der Waals surface area contributed by atoms with Gasteiger partial charge in [-0.15, -0.1) is 0 Å². The minimum atomic E-state index is -0.817. The summed E-state index contributed by atoms with van der Waals surface area (Å²) in [5.41, 5.74) is -1.37. The molecule has 1 aromatic rings. The number of esters is 2. The Labute approximate surface area is 270 Å². The molecule has 4 aliphatic carbocycles. The molecule has 0 spiro atoms. The number of hydrogen-bond donors (Lipinski definition) is 0. The molecule has 0 atom stereocenters. The van der Waals surface area contributed by atoms with E-state index in [9.17, 15) is 19.2 Å². The van der Waals surface area contributed by atoms with Crippen LogP contribution >= 0.6 is 0 Å². The van der Waals surface area contributed by atoms with E-state index in [0.717, 1.165) is 24.7 Å². The fourth-order valence-corrected chi connectivity index (χ4v) is 6.88. The Morgan fingerprint density at radius 3 is 1.67 bits per heavy atom. The van der Waals surface area contributed by atoms with E-state index < -0.39 is 23.1 Å². The number of hydrogen-bond acceptors (Lipinski definition) is 8. The molecule has 8 heteroatoms. The first-order valence-corrected chi connectivity index (χ1v) is 16.8. The van der Waals surface area contributed by atoms with Crippen molar-refractivity contribution in [3.8, 4) is 5.75 Å². The van der Waals surface area contributed by atoms with Gasteiger partial charge in [-0.1, -0.05) is 20.8 Å². The van der Waals surface area contributed by atoms with Crippen molar-refractivity contribution in [3.63, 3.8) is 0 Å². The molecule has 0 unspecified atom stereocenters. The van der Waals surface area contributed by atoms with Crippen LogP contribution in [0.5, 0.6) is 5.75 Å². The van der Waals surface area contributed by atoms with Gasteiger partial charge in [0.2, 0.25) is 0 Å². The molecule has 4 bridgehead atoms. The van der Waals surface area contributed by atoms with E-state index >= 15 is 0 Å². The summed E-state index contributed by atoms with van der Waals surface area (Å²) in [5.74, 6) is 2.69. The SMILES string of the molecule is CCC(C)(C)C(=O)OC1(CC)C2CC3CC(C2)CC1C3.CCC(C)(C)C(=O)OCC(=O)c1ccc(OC(=O)OC(C)(C)C)cc1. The highest BCUT2D eigenvalue weighted by Gasteiger charge is 2.59. The van der Waals surface area contributed by atoms with Crippen molar-refractivity contribution in [1.82, 2.24) is 0 Å². The van der Waals surface area contributed by atoms with Crippen molar-refractivity contribution in [2.75, 3.05) is 6.61 Å². The maximum absolute atomic E-state index is 12.6. The zero-order valence-corrected chi connectivity index (χ0v) is 29.2. The first kappa shape index (κ1) is 36.6. The summed E-state index contributed by atoms with van der Waals surface area (Å²) < 4.78 is 21.4. The number of carbonyl (C=O) groups excluding carboxylic acids is 4. The van der Waals surface area contributed by atoms with Gasteiger partial charge < -0.3 is 18.9 Å². The highest BCUT2D eigenvalue weighted by atomic mass is 16.7. The molecule has 0 saturated heterocycles. The van der Waals surface area contributed by atoms with E-state index in [1.165, 1.54) is 56.4 Å². The molecule has 252 valence electrons. The lowest BCUT2D eigenvalue weighted by atomic mass is 9.49. The lowest BCUT2D eigenvalue weighted by Crippen LogP contribution is -2.60. The molecule has 1 aromatic carbocycles. The quantitative estimate of drug-likeness (QED) is 0.110. The Kier molecular flexibility index (Phi) is 11.6. The Balaban J connectivity index is 0.000000250. The van der Waals surface area contributed by atoms with E-state index in [4.69, 9.17) is 18.9 Å². The standard InChI is InChI=1S/C19H26O6.C18H30O2/c1-7-19(5,6)16(21)23-12-15(20)13-8-10-14(11-9-13)24-17(22)25-18(2,3)4;1-5-17(3,4)16(19)20-18(6-2)14-8-12-7-13(10-14)11-15(18)9-12/h8-11H,7,12H2,1-6H3;12-15H,5-11H2,1-4H3. The first-order valence-electron chi connectivity index (χ1n) is 16.8. The lowest BCUT2D eigenvalue weighted by molar-refractivity contribution is -0.218. The van der Waals surface area contributed by atoms with Crippen LogP contribution in [0.3, 0.4) is 0 Å². The molecule has 0 aliphatic heterocycles. The Morgan fingerprint density at radius 2 is 1.22 bits per heavy atom. The molecule has 4 fully saturated rings. The van der Waals surface area contributed by atoms with E-state index in [1.54, 1.807) is 34.6 Å². The summed E-state index contributed by atoms with van der Waals surface area (Å²) in [6, 6.07) is 5.96. The number of ketones is 1. The summed E-state index contributed by atoms with van der Waals surface area (Å²) in [4.78, 5) is 48.2. The average molecular weight is 629 g/mol. The van der Waals surface area contributed by atoms with E-state index in [0.29, 0.717) is 23.8 Å². The van der Waals surface area contributed by atoms with Crippen LogP contribution in [0.1, 0.15) is 131 Å². The summed E-state index contributed by atoms with van der Waals surface area (Å²) in [6.07, 6.45) is 8.34. The summed E-state index contributed by atoms with van der Waals surface area (Å²) >= 11 is 0. The summed E-state index contributed by atoms with van der Waals surface area (Å²) in [6.45, 7) is 18.6. The molecule has 0 radical (unpaired) electrons. The van der Waals surface area contributed by atoms with Gasteiger partial charge >= 0.3 is 18.1 Å². The lowest BCUT2D eigenvalue weighted by Gasteiger charge is -2.60. The average Bonchev–Trinajstić information content (AvgIpc) is 2.96. The summed E-state index contributed by atoms with van der Waals surface area (Å²) in [5, 5.41) is 0. The fraction of sp³-hybridized carbons (Fsp3) is 0.730. The molecule has 0 amide bonds. The third kappa shape index (κ3) is 9.10. The van der Waals surface area contributed by atoms with E-state index in [1.807, 2.05) is 20.8 Å². The van der Waals surface area contributed by atoms with Gasteiger partial charge in [0.05, 0.1) is 10.8 Å². The number of Topliss-reactive ketones (excluding diaryl/α,β-unsaturated/α-hetero) is 1. The molecule has 4 saturated carbocycles. The zero-order chi connectivity index (χ0) is 33.8. The number of ether oxygens (including phenoxy) is 4. The van der Waals surface area contributed by atoms with Crippen molar-refractivity contribution in [3.05, 3.63) is 29.8 Å². The Hall–Kier alpha value is -2.90. The predicted octanol–water partition coefficient (Wildman–Crippen LogP) is 8.73. The van der Waals surface area contributed by atoms with Crippen molar-refractivity contribution < 1.29 is 38.1 Å². The highest BCUT2D eigenvalue weighted by molar-refractivity contribution is 5.98. The minimum Gasteiger partial charge on any atom is -0.458 e. The molecule has 45 heavy (non-hydrogen) atoms. The molecule has 0 heterocycles. The number of benzene rings is 1.